The van der Waals surface area contributed by atoms with Crippen molar-refractivity contribution >= 4 is 11.9 Å². The number of hydrogen-bond donors (Lipinski definition) is 3. The van der Waals surface area contributed by atoms with Crippen LogP contribution < -0.4 is 11.1 Å². The van der Waals surface area contributed by atoms with Gasteiger partial charge in [0.2, 0.25) is 5.91 Å². The number of hydrogen-bond acceptors (Lipinski definition) is 3. The van der Waals surface area contributed by atoms with Gasteiger partial charge in [0, 0.05) is 0 Å². The standard InChI is InChI=1S/C5H10N2O.C2HF3O2/c6-5(8)4-2-1-3-7-4;3-2(4,5)1(6)7/h4,7H,1-3H2,(H2,6,8);(H,6,7). The van der Waals surface area contributed by atoms with Gasteiger partial charge < -0.3 is 16.2 Å². The van der Waals surface area contributed by atoms with Gasteiger partial charge in [-0.1, -0.05) is 0 Å². The maximum absolute atomic E-state index is 10.6. The van der Waals surface area contributed by atoms with Gasteiger partial charge in [0.25, 0.3) is 0 Å². The topological polar surface area (TPSA) is 92.4 Å². The lowest BCUT2D eigenvalue weighted by Crippen LogP contribution is -2.36. The molecule has 1 fully saturated rings. The summed E-state index contributed by atoms with van der Waals surface area (Å²) in [7, 11) is 0. The minimum Gasteiger partial charge on any atom is -0.475 e. The van der Waals surface area contributed by atoms with Crippen LogP contribution in [0.4, 0.5) is 13.2 Å². The van der Waals surface area contributed by atoms with Crippen LogP contribution in [-0.2, 0) is 9.59 Å². The van der Waals surface area contributed by atoms with E-state index in [1.807, 2.05) is 0 Å². The van der Waals surface area contributed by atoms with Crippen molar-refractivity contribution in [2.75, 3.05) is 6.54 Å². The Bertz CT molecular complexity index is 236. The highest BCUT2D eigenvalue weighted by Crippen LogP contribution is 2.13. The number of alkyl halides is 3. The first-order chi connectivity index (χ1) is 6.75. The summed E-state index contributed by atoms with van der Waals surface area (Å²) in [6, 6.07) is -0.0463. The summed E-state index contributed by atoms with van der Waals surface area (Å²) in [5.74, 6) is -2.98. The Kier molecular flexibility index (Phi) is 5.06. The maximum Gasteiger partial charge on any atom is 0.490 e. The van der Waals surface area contributed by atoms with Gasteiger partial charge in [0.05, 0.1) is 6.04 Å². The summed E-state index contributed by atoms with van der Waals surface area (Å²) in [4.78, 5) is 19.3. The number of primary amides is 1. The fourth-order valence-electron chi connectivity index (χ4n) is 0.927. The number of carbonyl (C=O) groups is 2. The minimum absolute atomic E-state index is 0.0463. The smallest absolute Gasteiger partial charge is 0.475 e. The van der Waals surface area contributed by atoms with E-state index in [1.54, 1.807) is 0 Å². The number of amides is 1. The van der Waals surface area contributed by atoms with Gasteiger partial charge in [0.1, 0.15) is 0 Å². The normalized spacial score (nSPS) is 20.3. The molecule has 8 heteroatoms. The van der Waals surface area contributed by atoms with Gasteiger partial charge in [-0.3, -0.25) is 4.79 Å². The van der Waals surface area contributed by atoms with Crippen LogP contribution in [-0.4, -0.2) is 35.7 Å². The lowest BCUT2D eigenvalue weighted by Gasteiger charge is -2.01. The highest BCUT2D eigenvalue weighted by molar-refractivity contribution is 5.80. The van der Waals surface area contributed by atoms with Crippen molar-refractivity contribution in [1.29, 1.82) is 0 Å². The lowest BCUT2D eigenvalue weighted by molar-refractivity contribution is -0.192. The number of nitrogens with one attached hydrogen (secondary N) is 1. The Balaban J connectivity index is 0.000000265. The molecule has 1 amide bonds. The Morgan fingerprint density at radius 1 is 1.40 bits per heavy atom. The Hall–Kier alpha value is -1.31. The molecule has 0 bridgehead atoms. The predicted molar refractivity (Wildman–Crippen MR) is 43.9 cm³/mol. The first-order valence-electron chi connectivity index (χ1n) is 4.08. The Morgan fingerprint density at radius 2 is 1.87 bits per heavy atom. The van der Waals surface area contributed by atoms with Crippen molar-refractivity contribution in [2.24, 2.45) is 5.73 Å². The second-order valence-electron chi connectivity index (χ2n) is 2.85. The Labute approximate surface area is 83.4 Å². The average Bonchev–Trinajstić information content (AvgIpc) is 2.54. The van der Waals surface area contributed by atoms with Crippen LogP contribution >= 0.6 is 0 Å². The molecule has 1 unspecified atom stereocenters. The van der Waals surface area contributed by atoms with Gasteiger partial charge in [-0.2, -0.15) is 13.2 Å². The molecule has 1 aliphatic heterocycles. The molecule has 0 aromatic heterocycles. The van der Waals surface area contributed by atoms with E-state index in [-0.39, 0.29) is 11.9 Å². The summed E-state index contributed by atoms with van der Waals surface area (Å²) in [5, 5.41) is 10.1. The Morgan fingerprint density at radius 3 is 2.00 bits per heavy atom. The van der Waals surface area contributed by atoms with Gasteiger partial charge in [-0.15, -0.1) is 0 Å². The fourth-order valence-corrected chi connectivity index (χ4v) is 0.927. The van der Waals surface area contributed by atoms with Gasteiger partial charge >= 0.3 is 12.1 Å². The molecule has 0 spiro atoms. The van der Waals surface area contributed by atoms with Crippen LogP contribution in [0, 0.1) is 0 Å². The molecule has 0 radical (unpaired) electrons. The van der Waals surface area contributed by atoms with Crippen molar-refractivity contribution in [3.05, 3.63) is 0 Å². The summed E-state index contributed by atoms with van der Waals surface area (Å²) in [6.07, 6.45) is -3.09. The lowest BCUT2D eigenvalue weighted by atomic mass is 10.2. The third-order valence-electron chi connectivity index (χ3n) is 1.65. The van der Waals surface area contributed by atoms with Crippen molar-refractivity contribution in [3.63, 3.8) is 0 Å². The van der Waals surface area contributed by atoms with Crippen LogP contribution in [0.3, 0.4) is 0 Å². The van der Waals surface area contributed by atoms with E-state index in [0.717, 1.165) is 19.4 Å². The summed E-state index contributed by atoms with van der Waals surface area (Å²) in [6.45, 7) is 0.938. The molecule has 1 rings (SSSR count). The summed E-state index contributed by atoms with van der Waals surface area (Å²) >= 11 is 0. The molecular weight excluding hydrogens is 217 g/mol. The van der Waals surface area contributed by atoms with Crippen LogP contribution in [0.25, 0.3) is 0 Å². The molecule has 15 heavy (non-hydrogen) atoms. The van der Waals surface area contributed by atoms with Crippen molar-refractivity contribution < 1.29 is 27.9 Å². The van der Waals surface area contributed by atoms with Crippen LogP contribution in [0.15, 0.2) is 0 Å². The fraction of sp³-hybridized carbons (Fsp3) is 0.714. The number of carbonyl (C=O) groups excluding carboxylic acids is 1. The quantitative estimate of drug-likeness (QED) is 0.582. The predicted octanol–water partition coefficient (Wildman–Crippen LogP) is -0.143. The van der Waals surface area contributed by atoms with Crippen molar-refractivity contribution in [3.8, 4) is 0 Å². The number of halogens is 3. The van der Waals surface area contributed by atoms with E-state index < -0.39 is 12.1 Å². The molecule has 0 aliphatic carbocycles. The minimum atomic E-state index is -5.08. The molecule has 5 nitrogen and oxygen atoms in total. The highest BCUT2D eigenvalue weighted by atomic mass is 19.4. The third kappa shape index (κ3) is 5.89. The maximum atomic E-state index is 10.6. The van der Waals surface area contributed by atoms with Gasteiger partial charge in [0.15, 0.2) is 0 Å². The van der Waals surface area contributed by atoms with Crippen LogP contribution in [0.5, 0.6) is 0 Å². The zero-order chi connectivity index (χ0) is 12.1. The van der Waals surface area contributed by atoms with E-state index in [4.69, 9.17) is 15.6 Å². The molecule has 1 saturated heterocycles. The zero-order valence-electron chi connectivity index (χ0n) is 7.67. The molecule has 1 atom stereocenters. The second-order valence-corrected chi connectivity index (χ2v) is 2.85. The molecule has 0 saturated carbocycles. The number of carboxylic acid groups (broad SMARTS) is 1. The average molecular weight is 228 g/mol. The van der Waals surface area contributed by atoms with Crippen molar-refractivity contribution in [1.82, 2.24) is 5.32 Å². The van der Waals surface area contributed by atoms with Gasteiger partial charge in [-0.05, 0) is 19.4 Å². The molecular formula is C7H11F3N2O3. The van der Waals surface area contributed by atoms with E-state index in [2.05, 4.69) is 5.32 Å². The third-order valence-corrected chi connectivity index (χ3v) is 1.65. The first kappa shape index (κ1) is 13.7. The molecule has 4 N–H and O–H groups in total. The highest BCUT2D eigenvalue weighted by Gasteiger charge is 2.38. The first-order valence-corrected chi connectivity index (χ1v) is 4.08. The monoisotopic (exact) mass is 228 g/mol. The number of aliphatic carboxylic acids is 1. The molecule has 0 aromatic rings. The van der Waals surface area contributed by atoms with Crippen LogP contribution in [0.1, 0.15) is 12.8 Å². The molecule has 1 heterocycles. The number of carboxylic acids is 1. The largest absolute Gasteiger partial charge is 0.490 e. The molecule has 1 aliphatic rings. The van der Waals surface area contributed by atoms with E-state index in [0.29, 0.717) is 0 Å². The number of rotatable bonds is 1. The number of nitrogens with two attached hydrogens (primary N) is 1. The summed E-state index contributed by atoms with van der Waals surface area (Å²) in [5.41, 5.74) is 5.00. The second kappa shape index (κ2) is 5.54. The molecule has 0 aromatic carbocycles. The van der Waals surface area contributed by atoms with E-state index in [9.17, 15) is 18.0 Å². The van der Waals surface area contributed by atoms with Crippen LogP contribution in [0.2, 0.25) is 0 Å². The SMILES string of the molecule is NC(=O)C1CCCN1.O=C(O)C(F)(F)F. The van der Waals surface area contributed by atoms with Crippen molar-refractivity contribution in [2.45, 2.75) is 25.1 Å². The van der Waals surface area contributed by atoms with E-state index in [1.165, 1.54) is 0 Å². The van der Waals surface area contributed by atoms with Gasteiger partial charge in [-0.25, -0.2) is 4.79 Å². The van der Waals surface area contributed by atoms with E-state index >= 15 is 0 Å². The zero-order valence-corrected chi connectivity index (χ0v) is 7.67. The summed E-state index contributed by atoms with van der Waals surface area (Å²) < 4.78 is 31.7. The molecule has 88 valence electrons.